The third-order valence-corrected chi connectivity index (χ3v) is 6.07. The van der Waals surface area contributed by atoms with Crippen LogP contribution in [-0.4, -0.2) is 6.04 Å². The number of hydrogen-bond acceptors (Lipinski definition) is 2. The lowest BCUT2D eigenvalue weighted by molar-refractivity contribution is 0.472. The molecule has 21 heavy (non-hydrogen) atoms. The third-order valence-electron chi connectivity index (χ3n) is 4.15. The first-order valence-electron chi connectivity index (χ1n) is 7.24. The lowest BCUT2D eigenvalue weighted by atomic mass is 9.90. The highest BCUT2D eigenvalue weighted by Gasteiger charge is 2.28. The standard InChI is InChI=1S/C18H16INS/c1-11-10-16-17(14-4-2-3-5-15(14)21-16)18(20-11)12-6-8-13(19)9-7-12/h2-9,11,18,20H,10H2,1H3/t11-,18+/m1/s1. The van der Waals surface area contributed by atoms with Crippen molar-refractivity contribution >= 4 is 44.0 Å². The molecule has 0 aliphatic carbocycles. The number of benzene rings is 2. The first-order valence-corrected chi connectivity index (χ1v) is 9.14. The van der Waals surface area contributed by atoms with Crippen LogP contribution in [0.3, 0.4) is 0 Å². The van der Waals surface area contributed by atoms with E-state index in [1.807, 2.05) is 11.3 Å². The smallest absolute Gasteiger partial charge is 0.0596 e. The average Bonchev–Trinajstić information content (AvgIpc) is 2.85. The van der Waals surface area contributed by atoms with E-state index in [2.05, 4.69) is 83.4 Å². The molecule has 106 valence electrons. The highest BCUT2D eigenvalue weighted by Crippen LogP contribution is 2.41. The maximum atomic E-state index is 3.79. The summed E-state index contributed by atoms with van der Waals surface area (Å²) < 4.78 is 2.70. The molecule has 0 spiro atoms. The predicted octanol–water partition coefficient (Wildman–Crippen LogP) is 5.13. The normalized spacial score (nSPS) is 21.4. The van der Waals surface area contributed by atoms with Gasteiger partial charge in [0.25, 0.3) is 0 Å². The van der Waals surface area contributed by atoms with Crippen molar-refractivity contribution in [1.29, 1.82) is 0 Å². The van der Waals surface area contributed by atoms with Gasteiger partial charge >= 0.3 is 0 Å². The van der Waals surface area contributed by atoms with Crippen molar-refractivity contribution < 1.29 is 0 Å². The van der Waals surface area contributed by atoms with Gasteiger partial charge < -0.3 is 5.32 Å². The average molecular weight is 405 g/mol. The zero-order valence-electron chi connectivity index (χ0n) is 11.8. The van der Waals surface area contributed by atoms with Gasteiger partial charge in [-0.25, -0.2) is 0 Å². The van der Waals surface area contributed by atoms with Crippen LogP contribution in [0.2, 0.25) is 0 Å². The molecule has 1 aromatic heterocycles. The molecule has 3 heteroatoms. The van der Waals surface area contributed by atoms with Crippen molar-refractivity contribution in [2.45, 2.75) is 25.4 Å². The summed E-state index contributed by atoms with van der Waals surface area (Å²) in [6.45, 7) is 2.28. The van der Waals surface area contributed by atoms with Gasteiger partial charge in [-0.1, -0.05) is 30.3 Å². The van der Waals surface area contributed by atoms with Gasteiger partial charge in [0.2, 0.25) is 0 Å². The van der Waals surface area contributed by atoms with Crippen molar-refractivity contribution in [3.63, 3.8) is 0 Å². The monoisotopic (exact) mass is 405 g/mol. The van der Waals surface area contributed by atoms with Gasteiger partial charge in [-0.2, -0.15) is 0 Å². The Hall–Kier alpha value is -0.910. The van der Waals surface area contributed by atoms with Gasteiger partial charge in [-0.15, -0.1) is 11.3 Å². The molecule has 1 N–H and O–H groups in total. The SMILES string of the molecule is C[C@@H]1Cc2sc3ccccc3c2[C@H](c2ccc(I)cc2)N1. The lowest BCUT2D eigenvalue weighted by Gasteiger charge is -2.30. The van der Waals surface area contributed by atoms with Crippen LogP contribution in [0.25, 0.3) is 10.1 Å². The zero-order chi connectivity index (χ0) is 14.4. The van der Waals surface area contributed by atoms with E-state index >= 15 is 0 Å². The second-order valence-corrected chi connectivity index (χ2v) is 8.07. The molecule has 0 saturated heterocycles. The molecule has 0 unspecified atom stereocenters. The van der Waals surface area contributed by atoms with Crippen LogP contribution in [0.4, 0.5) is 0 Å². The third kappa shape index (κ3) is 2.41. The highest BCUT2D eigenvalue weighted by atomic mass is 127. The maximum Gasteiger partial charge on any atom is 0.0596 e. The fraction of sp³-hybridized carbons (Fsp3) is 0.222. The molecule has 1 aliphatic heterocycles. The number of fused-ring (bicyclic) bond motifs is 3. The maximum absolute atomic E-state index is 3.79. The van der Waals surface area contributed by atoms with Gasteiger partial charge in [0.15, 0.2) is 0 Å². The number of nitrogens with one attached hydrogen (secondary N) is 1. The van der Waals surface area contributed by atoms with E-state index < -0.39 is 0 Å². The van der Waals surface area contributed by atoms with E-state index in [1.165, 1.54) is 24.8 Å². The molecule has 2 aromatic carbocycles. The largest absolute Gasteiger partial charge is 0.303 e. The fourth-order valence-corrected chi connectivity index (χ4v) is 4.94. The van der Waals surface area contributed by atoms with Crippen molar-refractivity contribution in [2.24, 2.45) is 0 Å². The van der Waals surface area contributed by atoms with Crippen LogP contribution in [-0.2, 0) is 6.42 Å². The van der Waals surface area contributed by atoms with Gasteiger partial charge in [-0.05, 0) is 70.6 Å². The van der Waals surface area contributed by atoms with E-state index in [1.54, 1.807) is 4.88 Å². The number of halogens is 1. The molecule has 1 nitrogen and oxygen atoms in total. The summed E-state index contributed by atoms with van der Waals surface area (Å²) >= 11 is 4.33. The molecule has 0 amide bonds. The van der Waals surface area contributed by atoms with Crippen LogP contribution < -0.4 is 5.32 Å². The summed E-state index contributed by atoms with van der Waals surface area (Å²) in [5.41, 5.74) is 2.86. The predicted molar refractivity (Wildman–Crippen MR) is 99.1 cm³/mol. The van der Waals surface area contributed by atoms with Crippen molar-refractivity contribution in [2.75, 3.05) is 0 Å². The van der Waals surface area contributed by atoms with Crippen molar-refractivity contribution in [3.8, 4) is 0 Å². The van der Waals surface area contributed by atoms with Crippen molar-refractivity contribution in [3.05, 3.63) is 68.1 Å². The summed E-state index contributed by atoms with van der Waals surface area (Å²) in [6, 6.07) is 18.6. The zero-order valence-corrected chi connectivity index (χ0v) is 14.7. The van der Waals surface area contributed by atoms with Gasteiger partial charge in [0.1, 0.15) is 0 Å². The number of hydrogen-bond donors (Lipinski definition) is 1. The van der Waals surface area contributed by atoms with E-state index in [0.29, 0.717) is 12.1 Å². The number of rotatable bonds is 1. The topological polar surface area (TPSA) is 12.0 Å². The quantitative estimate of drug-likeness (QED) is 0.554. The fourth-order valence-electron chi connectivity index (χ4n) is 3.21. The van der Waals surface area contributed by atoms with E-state index in [-0.39, 0.29) is 0 Å². The molecule has 2 atom stereocenters. The van der Waals surface area contributed by atoms with Gasteiger partial charge in [0.05, 0.1) is 6.04 Å². The summed E-state index contributed by atoms with van der Waals surface area (Å²) in [5.74, 6) is 0. The molecule has 0 bridgehead atoms. The van der Waals surface area contributed by atoms with E-state index in [4.69, 9.17) is 0 Å². The van der Waals surface area contributed by atoms with Crippen LogP contribution in [0.1, 0.15) is 29.0 Å². The molecule has 0 fully saturated rings. The molecule has 0 saturated carbocycles. The Labute approximate surface area is 142 Å². The lowest BCUT2D eigenvalue weighted by Crippen LogP contribution is -2.37. The molecular formula is C18H16INS. The summed E-state index contributed by atoms with van der Waals surface area (Å²) in [7, 11) is 0. The van der Waals surface area contributed by atoms with E-state index in [9.17, 15) is 0 Å². The Kier molecular flexibility index (Phi) is 3.52. The van der Waals surface area contributed by atoms with Crippen LogP contribution >= 0.6 is 33.9 Å². The Bertz CT molecular complexity index is 791. The Morgan fingerprint density at radius 2 is 1.86 bits per heavy atom. The minimum atomic E-state index is 0.317. The minimum Gasteiger partial charge on any atom is -0.303 e. The van der Waals surface area contributed by atoms with Gasteiger partial charge in [0, 0.05) is 19.2 Å². The summed E-state index contributed by atoms with van der Waals surface area (Å²) in [4.78, 5) is 1.55. The molecule has 0 radical (unpaired) electrons. The number of thiophene rings is 1. The summed E-state index contributed by atoms with van der Waals surface area (Å²) in [5, 5.41) is 5.21. The first-order chi connectivity index (χ1) is 10.2. The molecule has 2 heterocycles. The Morgan fingerprint density at radius 1 is 1.10 bits per heavy atom. The molecular weight excluding hydrogens is 389 g/mol. The van der Waals surface area contributed by atoms with Crippen LogP contribution in [0, 0.1) is 3.57 Å². The Balaban J connectivity index is 1.92. The second kappa shape index (κ2) is 5.38. The van der Waals surface area contributed by atoms with Crippen LogP contribution in [0.5, 0.6) is 0 Å². The second-order valence-electron chi connectivity index (χ2n) is 5.69. The first kappa shape index (κ1) is 13.7. The highest BCUT2D eigenvalue weighted by molar-refractivity contribution is 14.1. The van der Waals surface area contributed by atoms with Crippen molar-refractivity contribution in [1.82, 2.24) is 5.32 Å². The molecule has 4 rings (SSSR count). The molecule has 3 aromatic rings. The summed E-state index contributed by atoms with van der Waals surface area (Å²) in [6.07, 6.45) is 1.13. The van der Waals surface area contributed by atoms with E-state index in [0.717, 1.165) is 6.42 Å². The Morgan fingerprint density at radius 3 is 2.67 bits per heavy atom. The van der Waals surface area contributed by atoms with Gasteiger partial charge in [-0.3, -0.25) is 0 Å². The molecule has 1 aliphatic rings. The minimum absolute atomic E-state index is 0.317. The van der Waals surface area contributed by atoms with Crippen LogP contribution in [0.15, 0.2) is 48.5 Å².